The van der Waals surface area contributed by atoms with Gasteiger partial charge in [0.05, 0.1) is 17.9 Å². The van der Waals surface area contributed by atoms with Crippen LogP contribution < -0.4 is 0 Å². The van der Waals surface area contributed by atoms with Gasteiger partial charge >= 0.3 is 12.0 Å². The van der Waals surface area contributed by atoms with E-state index in [-0.39, 0.29) is 24.4 Å². The number of likely N-dealkylation sites (tertiary alicyclic amines) is 1. The zero-order valence-electron chi connectivity index (χ0n) is 11.0. The summed E-state index contributed by atoms with van der Waals surface area (Å²) < 4.78 is 0. The number of amides is 2. The third kappa shape index (κ3) is 3.13. The van der Waals surface area contributed by atoms with Gasteiger partial charge < -0.3 is 14.9 Å². The van der Waals surface area contributed by atoms with Crippen LogP contribution in [0.5, 0.6) is 0 Å². The van der Waals surface area contributed by atoms with Crippen LogP contribution in [0.25, 0.3) is 0 Å². The number of carboxylic acid groups (broad SMARTS) is 1. The molecule has 0 aliphatic carbocycles. The minimum atomic E-state index is -0.856. The maximum atomic E-state index is 12.1. The molecule has 1 fully saturated rings. The molecule has 0 radical (unpaired) electrons. The van der Waals surface area contributed by atoms with Gasteiger partial charge in [0.1, 0.15) is 0 Å². The topological polar surface area (TPSA) is 84.6 Å². The van der Waals surface area contributed by atoms with Crippen LogP contribution in [0.15, 0.2) is 0 Å². The number of nitrogens with zero attached hydrogens (tertiary/aromatic N) is 3. The molecule has 1 aliphatic heterocycles. The van der Waals surface area contributed by atoms with Gasteiger partial charge in [-0.2, -0.15) is 5.26 Å². The molecule has 1 aliphatic rings. The van der Waals surface area contributed by atoms with E-state index >= 15 is 0 Å². The molecule has 1 N–H and O–H groups in total. The smallest absolute Gasteiger partial charge is 0.319 e. The molecule has 18 heavy (non-hydrogen) atoms. The van der Waals surface area contributed by atoms with Gasteiger partial charge in [0.2, 0.25) is 0 Å². The Bertz CT molecular complexity index is 377. The zero-order chi connectivity index (χ0) is 13.9. The standard InChI is InChI=1S/C12H19N3O3/c1-8(4-13)5-14(3)12(18)15-6-9(2)10(7-15)11(16)17/h8-10H,5-7H2,1-3H3,(H,16,17). The van der Waals surface area contributed by atoms with Gasteiger partial charge in [-0.15, -0.1) is 0 Å². The Kier molecular flexibility index (Phi) is 4.54. The first-order valence-electron chi connectivity index (χ1n) is 5.99. The minimum Gasteiger partial charge on any atom is -0.481 e. The predicted molar refractivity (Wildman–Crippen MR) is 64.7 cm³/mol. The van der Waals surface area contributed by atoms with Crippen molar-refractivity contribution in [3.05, 3.63) is 0 Å². The highest BCUT2D eigenvalue weighted by Crippen LogP contribution is 2.24. The highest BCUT2D eigenvalue weighted by Gasteiger charge is 2.37. The van der Waals surface area contributed by atoms with Gasteiger partial charge in [-0.1, -0.05) is 6.92 Å². The number of rotatable bonds is 3. The normalized spacial score (nSPS) is 24.4. The van der Waals surface area contributed by atoms with Crippen molar-refractivity contribution in [3.63, 3.8) is 0 Å². The number of carbonyl (C=O) groups is 2. The molecule has 3 unspecified atom stereocenters. The molecule has 6 nitrogen and oxygen atoms in total. The number of urea groups is 1. The highest BCUT2D eigenvalue weighted by molar-refractivity contribution is 5.77. The Morgan fingerprint density at radius 1 is 1.56 bits per heavy atom. The molecule has 2 amide bonds. The lowest BCUT2D eigenvalue weighted by Crippen LogP contribution is -2.41. The molecule has 0 saturated carbocycles. The summed E-state index contributed by atoms with van der Waals surface area (Å²) >= 11 is 0. The van der Waals surface area contributed by atoms with Crippen LogP contribution in [0.1, 0.15) is 13.8 Å². The van der Waals surface area contributed by atoms with Crippen molar-refractivity contribution in [2.75, 3.05) is 26.7 Å². The van der Waals surface area contributed by atoms with E-state index in [1.807, 2.05) is 6.92 Å². The molecule has 0 aromatic carbocycles. The summed E-state index contributed by atoms with van der Waals surface area (Å²) in [4.78, 5) is 26.1. The maximum absolute atomic E-state index is 12.1. The second kappa shape index (κ2) is 5.71. The summed E-state index contributed by atoms with van der Waals surface area (Å²) in [5, 5.41) is 17.7. The van der Waals surface area contributed by atoms with Gasteiger partial charge in [0, 0.05) is 26.7 Å². The molecule has 1 heterocycles. The fraction of sp³-hybridized carbons (Fsp3) is 0.750. The predicted octanol–water partition coefficient (Wildman–Crippen LogP) is 0.850. The van der Waals surface area contributed by atoms with E-state index in [0.29, 0.717) is 13.1 Å². The number of nitriles is 1. The monoisotopic (exact) mass is 253 g/mol. The average molecular weight is 253 g/mol. The SMILES string of the molecule is CC(C#N)CN(C)C(=O)N1CC(C)C(C(=O)O)C1. The van der Waals surface area contributed by atoms with Gasteiger partial charge in [-0.05, 0) is 12.8 Å². The van der Waals surface area contributed by atoms with Crippen LogP contribution in [-0.2, 0) is 4.79 Å². The molecule has 6 heteroatoms. The molecule has 0 aromatic rings. The summed E-state index contributed by atoms with van der Waals surface area (Å²) in [6, 6.07) is 1.87. The Labute approximate surface area is 107 Å². The van der Waals surface area contributed by atoms with Crippen molar-refractivity contribution < 1.29 is 14.7 Å². The number of hydrogen-bond donors (Lipinski definition) is 1. The molecular weight excluding hydrogens is 234 g/mol. The van der Waals surface area contributed by atoms with Crippen LogP contribution in [0.2, 0.25) is 0 Å². The molecule has 1 saturated heterocycles. The Balaban J connectivity index is 2.59. The van der Waals surface area contributed by atoms with E-state index < -0.39 is 11.9 Å². The first kappa shape index (κ1) is 14.3. The first-order chi connectivity index (χ1) is 8.36. The van der Waals surface area contributed by atoms with E-state index in [1.54, 1.807) is 18.9 Å². The average Bonchev–Trinajstić information content (AvgIpc) is 2.70. The van der Waals surface area contributed by atoms with Crippen LogP contribution >= 0.6 is 0 Å². The van der Waals surface area contributed by atoms with Gasteiger partial charge in [-0.25, -0.2) is 4.79 Å². The van der Waals surface area contributed by atoms with Crippen molar-refractivity contribution in [1.82, 2.24) is 9.80 Å². The van der Waals surface area contributed by atoms with E-state index in [0.717, 1.165) is 0 Å². The van der Waals surface area contributed by atoms with Gasteiger partial charge in [-0.3, -0.25) is 4.79 Å². The van der Waals surface area contributed by atoms with Crippen molar-refractivity contribution in [2.24, 2.45) is 17.8 Å². The lowest BCUT2D eigenvalue weighted by Gasteiger charge is -2.25. The number of carbonyl (C=O) groups excluding carboxylic acids is 1. The van der Waals surface area contributed by atoms with Gasteiger partial charge in [0.25, 0.3) is 0 Å². The minimum absolute atomic E-state index is 0.0340. The second-order valence-electron chi connectivity index (χ2n) is 5.02. The summed E-state index contributed by atoms with van der Waals surface area (Å²) in [5.41, 5.74) is 0. The third-order valence-corrected chi connectivity index (χ3v) is 3.29. The molecule has 0 bridgehead atoms. The molecule has 3 atom stereocenters. The molecule has 0 aromatic heterocycles. The largest absolute Gasteiger partial charge is 0.481 e. The van der Waals surface area contributed by atoms with E-state index in [2.05, 4.69) is 6.07 Å². The molecule has 100 valence electrons. The highest BCUT2D eigenvalue weighted by atomic mass is 16.4. The Hall–Kier alpha value is -1.77. The van der Waals surface area contributed by atoms with Crippen LogP contribution in [0.3, 0.4) is 0 Å². The summed E-state index contributed by atoms with van der Waals surface area (Å²) in [6.07, 6.45) is 0. The lowest BCUT2D eigenvalue weighted by molar-refractivity contribution is -0.142. The van der Waals surface area contributed by atoms with E-state index in [4.69, 9.17) is 10.4 Å². The van der Waals surface area contributed by atoms with E-state index in [9.17, 15) is 9.59 Å². The van der Waals surface area contributed by atoms with Crippen molar-refractivity contribution >= 4 is 12.0 Å². The lowest BCUT2D eigenvalue weighted by atomic mass is 9.99. The van der Waals surface area contributed by atoms with Crippen LogP contribution in [0, 0.1) is 29.1 Å². The van der Waals surface area contributed by atoms with Crippen molar-refractivity contribution in [1.29, 1.82) is 5.26 Å². The quantitative estimate of drug-likeness (QED) is 0.808. The van der Waals surface area contributed by atoms with Crippen molar-refractivity contribution in [3.8, 4) is 6.07 Å². The second-order valence-corrected chi connectivity index (χ2v) is 5.02. The number of aliphatic carboxylic acids is 1. The maximum Gasteiger partial charge on any atom is 0.319 e. The van der Waals surface area contributed by atoms with E-state index in [1.165, 1.54) is 4.90 Å². The van der Waals surface area contributed by atoms with Crippen LogP contribution in [0.4, 0.5) is 4.79 Å². The molecule has 0 spiro atoms. The fourth-order valence-corrected chi connectivity index (χ4v) is 2.22. The number of hydrogen-bond acceptors (Lipinski definition) is 3. The van der Waals surface area contributed by atoms with Gasteiger partial charge in [0.15, 0.2) is 0 Å². The number of carboxylic acids is 1. The van der Waals surface area contributed by atoms with Crippen molar-refractivity contribution in [2.45, 2.75) is 13.8 Å². The first-order valence-corrected chi connectivity index (χ1v) is 5.99. The molecule has 1 rings (SSSR count). The third-order valence-electron chi connectivity index (χ3n) is 3.29. The van der Waals surface area contributed by atoms with Crippen LogP contribution in [-0.4, -0.2) is 53.6 Å². The summed E-state index contributed by atoms with van der Waals surface area (Å²) in [6.45, 7) is 4.65. The summed E-state index contributed by atoms with van der Waals surface area (Å²) in [5.74, 6) is -1.61. The zero-order valence-corrected chi connectivity index (χ0v) is 11.0. The Morgan fingerprint density at radius 3 is 2.61 bits per heavy atom. The Morgan fingerprint density at radius 2 is 2.17 bits per heavy atom. The molecular formula is C12H19N3O3. The fourth-order valence-electron chi connectivity index (χ4n) is 2.22. The summed E-state index contributed by atoms with van der Waals surface area (Å²) in [7, 11) is 1.63.